The van der Waals surface area contributed by atoms with Crippen LogP contribution in [-0.2, 0) is 20.8 Å². The minimum Gasteiger partial charge on any atom is -0.341 e. The van der Waals surface area contributed by atoms with Crippen molar-refractivity contribution >= 4 is 29.1 Å². The molecule has 1 aromatic rings. The molecule has 0 spiro atoms. The Morgan fingerprint density at radius 2 is 1.80 bits per heavy atom. The van der Waals surface area contributed by atoms with E-state index in [0.717, 1.165) is 75.3 Å². The molecule has 3 heterocycles. The quantitative estimate of drug-likeness (QED) is 0.758. The van der Waals surface area contributed by atoms with E-state index in [1.54, 1.807) is 4.90 Å². The monoisotopic (exact) mass is 410 g/mol. The van der Waals surface area contributed by atoms with Crippen LogP contribution in [0.25, 0.3) is 0 Å². The van der Waals surface area contributed by atoms with Gasteiger partial charge in [-0.15, -0.1) is 0 Å². The molecule has 1 aliphatic carbocycles. The summed E-state index contributed by atoms with van der Waals surface area (Å²) in [4.78, 5) is 46.1. The topological polar surface area (TPSA) is 64.2 Å². The third-order valence-corrected chi connectivity index (χ3v) is 6.97. The fraction of sp³-hybridized carbons (Fsp3) is 0.609. The maximum atomic E-state index is 13.0. The molecule has 2 saturated heterocycles. The van der Waals surface area contributed by atoms with Crippen LogP contribution in [-0.4, -0.2) is 73.8 Å². The second kappa shape index (κ2) is 7.69. The van der Waals surface area contributed by atoms with Crippen LogP contribution in [0.4, 0.5) is 11.4 Å². The molecule has 7 heteroatoms. The summed E-state index contributed by atoms with van der Waals surface area (Å²) in [5.74, 6) is 0.323. The molecular formula is C23H30N4O3. The SMILES string of the molecule is CN1CCCN(C(=O)C2CC(=O)N(c3ccc4c(c3)CCN4C(=O)C3CC3)C2)CC1. The molecule has 30 heavy (non-hydrogen) atoms. The molecule has 1 saturated carbocycles. The Kier molecular flexibility index (Phi) is 5.01. The van der Waals surface area contributed by atoms with Crippen LogP contribution in [0.1, 0.15) is 31.2 Å². The van der Waals surface area contributed by atoms with E-state index < -0.39 is 0 Å². The van der Waals surface area contributed by atoms with Crippen molar-refractivity contribution in [1.29, 1.82) is 0 Å². The molecule has 0 aromatic heterocycles. The second-order valence-electron chi connectivity index (χ2n) is 9.21. The molecule has 5 rings (SSSR count). The summed E-state index contributed by atoms with van der Waals surface area (Å²) in [5, 5.41) is 0. The van der Waals surface area contributed by atoms with Crippen molar-refractivity contribution in [2.24, 2.45) is 11.8 Å². The first kappa shape index (κ1) is 19.5. The fourth-order valence-corrected chi connectivity index (χ4v) is 4.98. The number of amides is 3. The van der Waals surface area contributed by atoms with Crippen LogP contribution in [0, 0.1) is 11.8 Å². The van der Waals surface area contributed by atoms with Gasteiger partial charge in [-0.3, -0.25) is 14.4 Å². The van der Waals surface area contributed by atoms with Crippen molar-refractivity contribution < 1.29 is 14.4 Å². The van der Waals surface area contributed by atoms with Crippen molar-refractivity contribution in [1.82, 2.24) is 9.80 Å². The molecule has 1 unspecified atom stereocenters. The van der Waals surface area contributed by atoms with E-state index in [-0.39, 0.29) is 36.0 Å². The van der Waals surface area contributed by atoms with Gasteiger partial charge in [-0.1, -0.05) is 0 Å². The summed E-state index contributed by atoms with van der Waals surface area (Å²) < 4.78 is 0. The van der Waals surface area contributed by atoms with Gasteiger partial charge in [-0.2, -0.15) is 0 Å². The largest absolute Gasteiger partial charge is 0.341 e. The summed E-state index contributed by atoms with van der Waals surface area (Å²) in [6.45, 7) is 4.59. The lowest BCUT2D eigenvalue weighted by Crippen LogP contribution is -2.39. The number of fused-ring (bicyclic) bond motifs is 1. The Morgan fingerprint density at radius 1 is 0.967 bits per heavy atom. The number of benzene rings is 1. The lowest BCUT2D eigenvalue weighted by molar-refractivity contribution is -0.135. The van der Waals surface area contributed by atoms with Crippen molar-refractivity contribution in [3.63, 3.8) is 0 Å². The van der Waals surface area contributed by atoms with Gasteiger partial charge in [0.2, 0.25) is 17.7 Å². The predicted octanol–water partition coefficient (Wildman–Crippen LogP) is 1.50. The molecule has 7 nitrogen and oxygen atoms in total. The third kappa shape index (κ3) is 3.60. The number of carbonyl (C=O) groups is 3. The standard InChI is InChI=1S/C23H30N4O3/c1-24-8-2-9-25(12-11-24)22(29)18-14-21(28)27(15-18)19-5-6-20-17(13-19)7-10-26(20)23(30)16-3-4-16/h5-6,13,16,18H,2-4,7-12,14-15H2,1H3. The van der Waals surface area contributed by atoms with Gasteiger partial charge in [0.25, 0.3) is 0 Å². The fourth-order valence-electron chi connectivity index (χ4n) is 4.98. The average Bonchev–Trinajstić information content (AvgIpc) is 3.45. The summed E-state index contributed by atoms with van der Waals surface area (Å²) in [7, 11) is 2.09. The number of hydrogen-bond donors (Lipinski definition) is 0. The Morgan fingerprint density at radius 3 is 2.60 bits per heavy atom. The van der Waals surface area contributed by atoms with E-state index in [1.807, 2.05) is 28.0 Å². The zero-order chi connectivity index (χ0) is 20.8. The van der Waals surface area contributed by atoms with Gasteiger partial charge >= 0.3 is 0 Å². The lowest BCUT2D eigenvalue weighted by Gasteiger charge is -2.24. The minimum absolute atomic E-state index is 0.0177. The minimum atomic E-state index is -0.262. The zero-order valence-electron chi connectivity index (χ0n) is 17.7. The van der Waals surface area contributed by atoms with Crippen LogP contribution in [0.15, 0.2) is 18.2 Å². The maximum Gasteiger partial charge on any atom is 0.230 e. The Hall–Kier alpha value is -2.41. The van der Waals surface area contributed by atoms with Crippen LogP contribution in [0.3, 0.4) is 0 Å². The van der Waals surface area contributed by atoms with E-state index in [4.69, 9.17) is 0 Å². The number of carbonyl (C=O) groups excluding carboxylic acids is 3. The molecule has 160 valence electrons. The van der Waals surface area contributed by atoms with Crippen molar-refractivity contribution in [3.8, 4) is 0 Å². The molecule has 1 aromatic carbocycles. The number of rotatable bonds is 3. The summed E-state index contributed by atoms with van der Waals surface area (Å²) in [6, 6.07) is 5.95. The first-order chi connectivity index (χ1) is 14.5. The van der Waals surface area contributed by atoms with Crippen LogP contribution in [0.2, 0.25) is 0 Å². The van der Waals surface area contributed by atoms with Crippen molar-refractivity contribution in [2.45, 2.75) is 32.1 Å². The highest BCUT2D eigenvalue weighted by Crippen LogP contribution is 2.38. The van der Waals surface area contributed by atoms with E-state index in [0.29, 0.717) is 6.54 Å². The second-order valence-corrected chi connectivity index (χ2v) is 9.21. The molecule has 4 aliphatic rings. The third-order valence-electron chi connectivity index (χ3n) is 6.97. The van der Waals surface area contributed by atoms with Gasteiger partial charge in [0.15, 0.2) is 0 Å². The highest BCUT2D eigenvalue weighted by Gasteiger charge is 2.39. The molecule has 3 fully saturated rings. The first-order valence-electron chi connectivity index (χ1n) is 11.2. The predicted molar refractivity (Wildman–Crippen MR) is 114 cm³/mol. The number of likely N-dealkylation sites (N-methyl/N-ethyl adjacent to an activating group) is 1. The number of nitrogens with zero attached hydrogens (tertiary/aromatic N) is 4. The first-order valence-corrected chi connectivity index (χ1v) is 11.2. The van der Waals surface area contributed by atoms with E-state index in [1.165, 1.54) is 0 Å². The van der Waals surface area contributed by atoms with Gasteiger partial charge in [0.05, 0.1) is 5.92 Å². The summed E-state index contributed by atoms with van der Waals surface area (Å²) in [5.41, 5.74) is 2.97. The molecule has 0 bridgehead atoms. The molecule has 0 N–H and O–H groups in total. The highest BCUT2D eigenvalue weighted by atomic mass is 16.2. The molecule has 1 atom stereocenters. The zero-order valence-corrected chi connectivity index (χ0v) is 17.7. The highest BCUT2D eigenvalue weighted by molar-refractivity contribution is 6.02. The maximum absolute atomic E-state index is 13.0. The smallest absolute Gasteiger partial charge is 0.230 e. The van der Waals surface area contributed by atoms with E-state index in [2.05, 4.69) is 11.9 Å². The van der Waals surface area contributed by atoms with Crippen LogP contribution in [0.5, 0.6) is 0 Å². The van der Waals surface area contributed by atoms with E-state index in [9.17, 15) is 14.4 Å². The normalized spacial score (nSPS) is 24.9. The van der Waals surface area contributed by atoms with Gasteiger partial charge < -0.3 is 19.6 Å². The van der Waals surface area contributed by atoms with Gasteiger partial charge in [-0.05, 0) is 63.0 Å². The number of anilines is 2. The van der Waals surface area contributed by atoms with Gasteiger partial charge in [0, 0.05) is 56.4 Å². The van der Waals surface area contributed by atoms with Crippen molar-refractivity contribution in [3.05, 3.63) is 23.8 Å². The van der Waals surface area contributed by atoms with Crippen molar-refractivity contribution in [2.75, 3.05) is 56.1 Å². The molecule has 3 amide bonds. The Labute approximate surface area is 177 Å². The van der Waals surface area contributed by atoms with Gasteiger partial charge in [-0.25, -0.2) is 0 Å². The molecular weight excluding hydrogens is 380 g/mol. The van der Waals surface area contributed by atoms with Crippen LogP contribution < -0.4 is 9.80 Å². The Balaban J connectivity index is 1.28. The van der Waals surface area contributed by atoms with E-state index >= 15 is 0 Å². The lowest BCUT2D eigenvalue weighted by atomic mass is 10.1. The molecule has 3 aliphatic heterocycles. The summed E-state index contributed by atoms with van der Waals surface area (Å²) >= 11 is 0. The summed E-state index contributed by atoms with van der Waals surface area (Å²) in [6.07, 6.45) is 4.11. The number of hydrogen-bond acceptors (Lipinski definition) is 4. The Bertz CT molecular complexity index is 881. The van der Waals surface area contributed by atoms with Crippen LogP contribution >= 0.6 is 0 Å². The average molecular weight is 411 g/mol. The van der Waals surface area contributed by atoms with Gasteiger partial charge in [0.1, 0.15) is 0 Å². The molecule has 0 radical (unpaired) electrons.